The number of rotatable bonds is 5. The lowest BCUT2D eigenvalue weighted by molar-refractivity contribution is -0.137. The van der Waals surface area contributed by atoms with Crippen molar-refractivity contribution in [3.05, 3.63) is 23.2 Å². The van der Waals surface area contributed by atoms with Gasteiger partial charge < -0.3 is 14.4 Å². The predicted molar refractivity (Wildman–Crippen MR) is 66.7 cm³/mol. The Morgan fingerprint density at radius 3 is 2.44 bits per heavy atom. The molecular weight excluding hydrogens is 234 g/mol. The summed E-state index contributed by atoms with van der Waals surface area (Å²) in [7, 11) is 0. The normalized spacial score (nSPS) is 10.7. The van der Waals surface area contributed by atoms with Crippen molar-refractivity contribution in [1.29, 1.82) is 0 Å². The van der Waals surface area contributed by atoms with Gasteiger partial charge in [-0.05, 0) is 19.9 Å². The molecule has 1 N–H and O–H groups in total. The highest BCUT2D eigenvalue weighted by molar-refractivity contribution is 5.96. The van der Waals surface area contributed by atoms with Gasteiger partial charge >= 0.3 is 5.97 Å². The number of aryl methyl sites for hydroxylation is 1. The van der Waals surface area contributed by atoms with Crippen molar-refractivity contribution in [1.82, 2.24) is 4.90 Å². The number of carboxylic acids is 1. The first kappa shape index (κ1) is 14.3. The van der Waals surface area contributed by atoms with Gasteiger partial charge in [0.1, 0.15) is 18.1 Å². The van der Waals surface area contributed by atoms with E-state index in [1.165, 1.54) is 4.90 Å². The first-order valence-electron chi connectivity index (χ1n) is 5.98. The molecule has 0 radical (unpaired) electrons. The van der Waals surface area contributed by atoms with Gasteiger partial charge in [0.25, 0.3) is 5.91 Å². The number of carbonyl (C=O) groups is 2. The van der Waals surface area contributed by atoms with Crippen molar-refractivity contribution < 1.29 is 19.1 Å². The Morgan fingerprint density at radius 1 is 1.44 bits per heavy atom. The molecular formula is C13H19NO4. The molecule has 0 aromatic carbocycles. The molecule has 5 heteroatoms. The topological polar surface area (TPSA) is 70.8 Å². The van der Waals surface area contributed by atoms with Gasteiger partial charge in [-0.25, -0.2) is 0 Å². The van der Waals surface area contributed by atoms with Crippen molar-refractivity contribution in [3.8, 4) is 0 Å². The van der Waals surface area contributed by atoms with E-state index in [9.17, 15) is 9.59 Å². The maximum absolute atomic E-state index is 12.2. The number of carbonyl (C=O) groups excluding carboxylic acids is 1. The number of carboxylic acid groups (broad SMARTS) is 1. The highest BCUT2D eigenvalue weighted by Gasteiger charge is 2.22. The van der Waals surface area contributed by atoms with Crippen molar-refractivity contribution in [3.63, 3.8) is 0 Å². The van der Waals surface area contributed by atoms with E-state index in [0.29, 0.717) is 17.9 Å². The van der Waals surface area contributed by atoms with Gasteiger partial charge in [0.05, 0.1) is 5.56 Å². The van der Waals surface area contributed by atoms with E-state index < -0.39 is 5.97 Å². The molecule has 0 spiro atoms. The minimum Gasteiger partial charge on any atom is -0.480 e. The van der Waals surface area contributed by atoms with E-state index in [0.717, 1.165) is 5.76 Å². The highest BCUT2D eigenvalue weighted by Crippen LogP contribution is 2.22. The molecule has 1 aromatic rings. The summed E-state index contributed by atoms with van der Waals surface area (Å²) >= 11 is 0. The third-order valence-corrected chi connectivity index (χ3v) is 2.73. The van der Waals surface area contributed by atoms with Crippen LogP contribution in [0.4, 0.5) is 0 Å². The smallest absolute Gasteiger partial charge is 0.323 e. The number of amides is 1. The fourth-order valence-electron chi connectivity index (χ4n) is 1.66. The maximum atomic E-state index is 12.2. The Labute approximate surface area is 106 Å². The van der Waals surface area contributed by atoms with Crippen LogP contribution in [-0.4, -0.2) is 35.0 Å². The van der Waals surface area contributed by atoms with E-state index in [1.54, 1.807) is 19.9 Å². The maximum Gasteiger partial charge on any atom is 0.323 e. The summed E-state index contributed by atoms with van der Waals surface area (Å²) in [5.74, 6) is 0.151. The van der Waals surface area contributed by atoms with Gasteiger partial charge in [0.2, 0.25) is 0 Å². The first-order valence-corrected chi connectivity index (χ1v) is 5.98. The van der Waals surface area contributed by atoms with Crippen molar-refractivity contribution in [2.45, 2.75) is 33.6 Å². The third kappa shape index (κ3) is 3.12. The van der Waals surface area contributed by atoms with Crippen LogP contribution in [0.25, 0.3) is 0 Å². The average Bonchev–Trinajstić information content (AvgIpc) is 2.67. The Kier molecular flexibility index (Phi) is 4.53. The Bertz CT molecular complexity index is 448. The molecule has 0 unspecified atom stereocenters. The van der Waals surface area contributed by atoms with Gasteiger partial charge in [-0.1, -0.05) is 13.8 Å². The van der Waals surface area contributed by atoms with Crippen LogP contribution in [0, 0.1) is 6.92 Å². The summed E-state index contributed by atoms with van der Waals surface area (Å²) in [5.41, 5.74) is 0.446. The largest absolute Gasteiger partial charge is 0.480 e. The van der Waals surface area contributed by atoms with Gasteiger partial charge in [0, 0.05) is 12.5 Å². The Balaban J connectivity index is 2.98. The lowest BCUT2D eigenvalue weighted by Crippen LogP contribution is -2.35. The van der Waals surface area contributed by atoms with E-state index in [4.69, 9.17) is 9.52 Å². The minimum absolute atomic E-state index is 0.194. The Morgan fingerprint density at radius 2 is 2.06 bits per heavy atom. The molecule has 18 heavy (non-hydrogen) atoms. The summed E-state index contributed by atoms with van der Waals surface area (Å²) < 4.78 is 5.50. The minimum atomic E-state index is -1.02. The second-order valence-corrected chi connectivity index (χ2v) is 4.49. The molecule has 1 aromatic heterocycles. The zero-order valence-electron chi connectivity index (χ0n) is 11.2. The van der Waals surface area contributed by atoms with Crippen LogP contribution in [0.1, 0.15) is 48.6 Å². The van der Waals surface area contributed by atoms with E-state index >= 15 is 0 Å². The second-order valence-electron chi connectivity index (χ2n) is 4.49. The summed E-state index contributed by atoms with van der Waals surface area (Å²) in [4.78, 5) is 24.1. The molecule has 0 saturated heterocycles. The van der Waals surface area contributed by atoms with Crippen molar-refractivity contribution in [2.24, 2.45) is 0 Å². The lowest BCUT2D eigenvalue weighted by Gasteiger charge is -2.17. The van der Waals surface area contributed by atoms with Crippen LogP contribution in [0.5, 0.6) is 0 Å². The average molecular weight is 253 g/mol. The summed E-state index contributed by atoms with van der Waals surface area (Å²) in [6.07, 6.45) is 0. The Hall–Kier alpha value is -1.78. The number of furan rings is 1. The molecule has 100 valence electrons. The van der Waals surface area contributed by atoms with Gasteiger partial charge in [0.15, 0.2) is 0 Å². The number of hydrogen-bond acceptors (Lipinski definition) is 3. The molecule has 0 bridgehead atoms. The zero-order valence-corrected chi connectivity index (χ0v) is 11.2. The van der Waals surface area contributed by atoms with Crippen LogP contribution >= 0.6 is 0 Å². The lowest BCUT2D eigenvalue weighted by atomic mass is 10.1. The number of aliphatic carboxylic acids is 1. The quantitative estimate of drug-likeness (QED) is 0.873. The summed E-state index contributed by atoms with van der Waals surface area (Å²) in [6, 6.07) is 1.70. The fraction of sp³-hybridized carbons (Fsp3) is 0.538. The zero-order chi connectivity index (χ0) is 13.9. The predicted octanol–water partition coefficient (Wildman–Crippen LogP) is 2.26. The molecule has 0 atom stereocenters. The third-order valence-electron chi connectivity index (χ3n) is 2.73. The van der Waals surface area contributed by atoms with Crippen LogP contribution in [-0.2, 0) is 4.79 Å². The molecule has 1 rings (SSSR count). The number of hydrogen-bond donors (Lipinski definition) is 1. The number of nitrogens with zero attached hydrogens (tertiary/aromatic N) is 1. The van der Waals surface area contributed by atoms with E-state index in [-0.39, 0.29) is 18.4 Å². The van der Waals surface area contributed by atoms with E-state index in [1.807, 2.05) is 13.8 Å². The van der Waals surface area contributed by atoms with Crippen LogP contribution in [0.2, 0.25) is 0 Å². The highest BCUT2D eigenvalue weighted by atomic mass is 16.4. The second kappa shape index (κ2) is 5.71. The van der Waals surface area contributed by atoms with Crippen LogP contribution < -0.4 is 0 Å². The van der Waals surface area contributed by atoms with Gasteiger partial charge in [-0.15, -0.1) is 0 Å². The molecule has 1 amide bonds. The van der Waals surface area contributed by atoms with Gasteiger partial charge in [-0.2, -0.15) is 0 Å². The standard InChI is InChI=1S/C13H19NO4/c1-5-14(7-12(15)16)13(17)10-6-11(8(2)3)18-9(10)4/h6,8H,5,7H2,1-4H3,(H,15,16). The first-order chi connectivity index (χ1) is 8.36. The van der Waals surface area contributed by atoms with Crippen LogP contribution in [0.15, 0.2) is 10.5 Å². The molecule has 5 nitrogen and oxygen atoms in total. The van der Waals surface area contributed by atoms with Crippen molar-refractivity contribution in [2.75, 3.05) is 13.1 Å². The van der Waals surface area contributed by atoms with Crippen LogP contribution in [0.3, 0.4) is 0 Å². The molecule has 0 saturated carbocycles. The summed E-state index contributed by atoms with van der Waals surface area (Å²) in [6.45, 7) is 7.47. The number of likely N-dealkylation sites (N-methyl/N-ethyl adjacent to an activating group) is 1. The van der Waals surface area contributed by atoms with Gasteiger partial charge in [-0.3, -0.25) is 9.59 Å². The molecule has 1 heterocycles. The van der Waals surface area contributed by atoms with Crippen molar-refractivity contribution >= 4 is 11.9 Å². The monoisotopic (exact) mass is 253 g/mol. The molecule has 0 fully saturated rings. The summed E-state index contributed by atoms with van der Waals surface area (Å²) in [5, 5.41) is 8.76. The molecule has 0 aliphatic rings. The fourth-order valence-corrected chi connectivity index (χ4v) is 1.66. The molecule has 0 aliphatic heterocycles. The SMILES string of the molecule is CCN(CC(=O)O)C(=O)c1cc(C(C)C)oc1C. The van der Waals surface area contributed by atoms with E-state index in [2.05, 4.69) is 0 Å². The molecule has 0 aliphatic carbocycles.